The predicted molar refractivity (Wildman–Crippen MR) is 63.5 cm³/mol. The van der Waals surface area contributed by atoms with Crippen molar-refractivity contribution in [3.05, 3.63) is 0 Å². The summed E-state index contributed by atoms with van der Waals surface area (Å²) < 4.78 is 10.7. The molecule has 0 amide bonds. The molecular weight excluding hydrogens is 206 g/mol. The summed E-state index contributed by atoms with van der Waals surface area (Å²) in [6.07, 6.45) is 0.651. The van der Waals surface area contributed by atoms with Crippen LogP contribution in [0.1, 0.15) is 27.2 Å². The lowest BCUT2D eigenvalue weighted by Gasteiger charge is -2.23. The summed E-state index contributed by atoms with van der Waals surface area (Å²) in [4.78, 5) is 0. The van der Waals surface area contributed by atoms with E-state index in [0.717, 1.165) is 19.6 Å². The SMILES string of the molecule is CC(C)(C)NCC(O)COCC1CCOC1. The third-order valence-electron chi connectivity index (χ3n) is 2.56. The lowest BCUT2D eigenvalue weighted by Crippen LogP contribution is -2.42. The highest BCUT2D eigenvalue weighted by molar-refractivity contribution is 4.72. The van der Waals surface area contributed by atoms with Crippen molar-refractivity contribution < 1.29 is 14.6 Å². The summed E-state index contributed by atoms with van der Waals surface area (Å²) >= 11 is 0. The maximum absolute atomic E-state index is 9.67. The first kappa shape index (κ1) is 13.9. The Bertz CT molecular complexity index is 185. The quantitative estimate of drug-likeness (QED) is 0.709. The molecule has 4 nitrogen and oxygen atoms in total. The average molecular weight is 231 g/mol. The standard InChI is InChI=1S/C12H25NO3/c1-12(2,3)13-6-11(14)9-16-8-10-4-5-15-7-10/h10-11,13-14H,4-9H2,1-3H3. The van der Waals surface area contributed by atoms with Gasteiger partial charge in [0.2, 0.25) is 0 Å². The number of hydrogen-bond donors (Lipinski definition) is 2. The lowest BCUT2D eigenvalue weighted by atomic mass is 10.1. The van der Waals surface area contributed by atoms with Crippen LogP contribution in [0.5, 0.6) is 0 Å². The van der Waals surface area contributed by atoms with Gasteiger partial charge in [-0.1, -0.05) is 0 Å². The minimum atomic E-state index is -0.429. The number of ether oxygens (including phenoxy) is 2. The van der Waals surface area contributed by atoms with Crippen molar-refractivity contribution in [2.45, 2.75) is 38.8 Å². The van der Waals surface area contributed by atoms with Crippen molar-refractivity contribution in [3.8, 4) is 0 Å². The maximum Gasteiger partial charge on any atom is 0.0897 e. The van der Waals surface area contributed by atoms with Crippen LogP contribution in [0.2, 0.25) is 0 Å². The summed E-state index contributed by atoms with van der Waals surface area (Å²) in [5.41, 5.74) is 0.0419. The zero-order chi connectivity index (χ0) is 12.0. The van der Waals surface area contributed by atoms with Gasteiger partial charge in [-0.15, -0.1) is 0 Å². The minimum Gasteiger partial charge on any atom is -0.389 e. The molecule has 1 fully saturated rings. The molecule has 0 aromatic carbocycles. The van der Waals surface area contributed by atoms with E-state index in [0.29, 0.717) is 25.7 Å². The molecule has 2 unspecified atom stereocenters. The van der Waals surface area contributed by atoms with E-state index in [4.69, 9.17) is 9.47 Å². The van der Waals surface area contributed by atoms with Gasteiger partial charge in [-0.05, 0) is 27.2 Å². The Labute approximate surface area is 98.3 Å². The van der Waals surface area contributed by atoms with Crippen LogP contribution in [0.4, 0.5) is 0 Å². The molecule has 1 aliphatic heterocycles. The zero-order valence-corrected chi connectivity index (χ0v) is 10.7. The topological polar surface area (TPSA) is 50.7 Å². The normalized spacial score (nSPS) is 23.6. The summed E-state index contributed by atoms with van der Waals surface area (Å²) in [6.45, 7) is 9.57. The van der Waals surface area contributed by atoms with Gasteiger partial charge in [0.05, 0.1) is 25.9 Å². The third kappa shape index (κ3) is 6.43. The number of rotatable bonds is 6. The molecule has 0 radical (unpaired) electrons. The molecule has 1 rings (SSSR count). The second-order valence-electron chi connectivity index (χ2n) is 5.55. The largest absolute Gasteiger partial charge is 0.389 e. The van der Waals surface area contributed by atoms with Crippen molar-refractivity contribution >= 4 is 0 Å². The zero-order valence-electron chi connectivity index (χ0n) is 10.7. The van der Waals surface area contributed by atoms with Crippen LogP contribution in [0.25, 0.3) is 0 Å². The van der Waals surface area contributed by atoms with Crippen molar-refractivity contribution in [2.24, 2.45) is 5.92 Å². The summed E-state index contributed by atoms with van der Waals surface area (Å²) in [7, 11) is 0. The van der Waals surface area contributed by atoms with Crippen LogP contribution in [0.3, 0.4) is 0 Å². The molecule has 1 aliphatic rings. The first-order valence-electron chi connectivity index (χ1n) is 6.06. The molecule has 96 valence electrons. The minimum absolute atomic E-state index is 0.0419. The van der Waals surface area contributed by atoms with Crippen molar-refractivity contribution in [3.63, 3.8) is 0 Å². The Balaban J connectivity index is 1.99. The molecule has 1 saturated heterocycles. The van der Waals surface area contributed by atoms with Gasteiger partial charge in [-0.3, -0.25) is 0 Å². The van der Waals surface area contributed by atoms with Gasteiger partial charge in [0, 0.05) is 24.6 Å². The number of nitrogens with one attached hydrogen (secondary N) is 1. The van der Waals surface area contributed by atoms with Crippen LogP contribution in [-0.4, -0.2) is 49.7 Å². The summed E-state index contributed by atoms with van der Waals surface area (Å²) in [5.74, 6) is 0.516. The number of aliphatic hydroxyl groups excluding tert-OH is 1. The fraction of sp³-hybridized carbons (Fsp3) is 1.00. The van der Waals surface area contributed by atoms with Crippen molar-refractivity contribution in [2.75, 3.05) is 33.0 Å². The Morgan fingerprint density at radius 3 is 2.81 bits per heavy atom. The smallest absolute Gasteiger partial charge is 0.0897 e. The van der Waals surface area contributed by atoms with E-state index in [1.54, 1.807) is 0 Å². The second kappa shape index (κ2) is 6.55. The molecule has 0 aromatic rings. The molecule has 1 heterocycles. The highest BCUT2D eigenvalue weighted by atomic mass is 16.5. The van der Waals surface area contributed by atoms with E-state index < -0.39 is 6.10 Å². The summed E-state index contributed by atoms with van der Waals surface area (Å²) in [5, 5.41) is 12.9. The van der Waals surface area contributed by atoms with Gasteiger partial charge in [0.25, 0.3) is 0 Å². The molecule has 16 heavy (non-hydrogen) atoms. The Kier molecular flexibility index (Phi) is 5.69. The molecule has 2 atom stereocenters. The van der Waals surface area contributed by atoms with Crippen molar-refractivity contribution in [1.82, 2.24) is 5.32 Å². The molecular formula is C12H25NO3. The highest BCUT2D eigenvalue weighted by Gasteiger charge is 2.17. The summed E-state index contributed by atoms with van der Waals surface area (Å²) in [6, 6.07) is 0. The van der Waals surface area contributed by atoms with E-state index in [-0.39, 0.29) is 5.54 Å². The third-order valence-corrected chi connectivity index (χ3v) is 2.56. The first-order chi connectivity index (χ1) is 7.47. The predicted octanol–water partition coefficient (Wildman–Crippen LogP) is 0.788. The molecule has 0 aromatic heterocycles. The second-order valence-corrected chi connectivity index (χ2v) is 5.55. The van der Waals surface area contributed by atoms with E-state index in [1.165, 1.54) is 0 Å². The fourth-order valence-corrected chi connectivity index (χ4v) is 1.57. The molecule has 0 aliphatic carbocycles. The first-order valence-corrected chi connectivity index (χ1v) is 6.06. The molecule has 0 bridgehead atoms. The van der Waals surface area contributed by atoms with E-state index in [9.17, 15) is 5.11 Å². The molecule has 2 N–H and O–H groups in total. The number of β-amino-alcohol motifs (C(OH)–C–C–N with tert-alkyl or cyclic N) is 1. The van der Waals surface area contributed by atoms with Gasteiger partial charge in [0.1, 0.15) is 0 Å². The van der Waals surface area contributed by atoms with Gasteiger partial charge in [-0.2, -0.15) is 0 Å². The maximum atomic E-state index is 9.67. The Hall–Kier alpha value is -0.160. The van der Waals surface area contributed by atoms with Gasteiger partial charge < -0.3 is 19.9 Å². The van der Waals surface area contributed by atoms with Gasteiger partial charge in [0.15, 0.2) is 0 Å². The van der Waals surface area contributed by atoms with E-state index in [1.807, 2.05) is 0 Å². The van der Waals surface area contributed by atoms with Crippen LogP contribution < -0.4 is 5.32 Å². The van der Waals surface area contributed by atoms with Gasteiger partial charge >= 0.3 is 0 Å². The highest BCUT2D eigenvalue weighted by Crippen LogP contribution is 2.12. The lowest BCUT2D eigenvalue weighted by molar-refractivity contribution is 0.0175. The van der Waals surface area contributed by atoms with E-state index in [2.05, 4.69) is 26.1 Å². The van der Waals surface area contributed by atoms with Gasteiger partial charge in [-0.25, -0.2) is 0 Å². The molecule has 4 heteroatoms. The fourth-order valence-electron chi connectivity index (χ4n) is 1.57. The Morgan fingerprint density at radius 2 is 2.25 bits per heavy atom. The molecule has 0 saturated carbocycles. The number of aliphatic hydroxyl groups is 1. The average Bonchev–Trinajstić information content (AvgIpc) is 2.66. The van der Waals surface area contributed by atoms with Crippen molar-refractivity contribution in [1.29, 1.82) is 0 Å². The molecule has 0 spiro atoms. The van der Waals surface area contributed by atoms with Crippen LogP contribution in [0.15, 0.2) is 0 Å². The van der Waals surface area contributed by atoms with Crippen LogP contribution >= 0.6 is 0 Å². The Morgan fingerprint density at radius 1 is 1.50 bits per heavy atom. The van der Waals surface area contributed by atoms with Crippen LogP contribution in [0, 0.1) is 5.92 Å². The number of hydrogen-bond acceptors (Lipinski definition) is 4. The van der Waals surface area contributed by atoms with Crippen LogP contribution in [-0.2, 0) is 9.47 Å². The monoisotopic (exact) mass is 231 g/mol. The van der Waals surface area contributed by atoms with E-state index >= 15 is 0 Å².